The molecule has 1 aliphatic rings. The molecule has 0 aromatic heterocycles. The highest BCUT2D eigenvalue weighted by molar-refractivity contribution is 7.90. The molecular weight excluding hydrogens is 262 g/mol. The normalized spacial score (nSPS) is 16.8. The molecule has 1 rings (SSSR count). The van der Waals surface area contributed by atoms with Crippen LogP contribution in [0, 0.1) is 11.8 Å². The second-order valence-corrected chi connectivity index (χ2v) is 7.15. The smallest absolute Gasteiger partial charge is 0.253 e. The molecule has 0 aliphatic heterocycles. The fourth-order valence-electron chi connectivity index (χ4n) is 1.79. The number of sulfonamides is 1. The highest BCUT2D eigenvalue weighted by atomic mass is 32.2. The van der Waals surface area contributed by atoms with Gasteiger partial charge in [-0.05, 0) is 30.9 Å². The van der Waals surface area contributed by atoms with Gasteiger partial charge in [-0.15, -0.1) is 0 Å². The number of rotatable bonds is 4. The lowest BCUT2D eigenvalue weighted by Crippen LogP contribution is -2.21. The third-order valence-electron chi connectivity index (χ3n) is 2.98. The zero-order valence-electron chi connectivity index (χ0n) is 12.1. The molecule has 0 saturated carbocycles. The maximum atomic E-state index is 12.2. The first-order valence-corrected chi connectivity index (χ1v) is 8.09. The first kappa shape index (κ1) is 15.8. The number of nitrogens with zero attached hydrogens (tertiary/aromatic N) is 1. The van der Waals surface area contributed by atoms with E-state index >= 15 is 0 Å². The summed E-state index contributed by atoms with van der Waals surface area (Å²) in [5.41, 5.74) is 1.60. The first-order chi connectivity index (χ1) is 8.68. The average molecular weight is 283 g/mol. The zero-order valence-corrected chi connectivity index (χ0v) is 12.9. The summed E-state index contributed by atoms with van der Waals surface area (Å²) < 4.78 is 26.9. The highest BCUT2D eigenvalue weighted by Crippen LogP contribution is 2.25. The van der Waals surface area contributed by atoms with Crippen molar-refractivity contribution < 1.29 is 13.2 Å². The van der Waals surface area contributed by atoms with Crippen molar-refractivity contribution in [2.45, 2.75) is 34.6 Å². The number of hydrogen-bond donors (Lipinski definition) is 0. The van der Waals surface area contributed by atoms with Crippen LogP contribution in [0.5, 0.6) is 0 Å². The Labute approximate surface area is 115 Å². The van der Waals surface area contributed by atoms with Crippen LogP contribution >= 0.6 is 0 Å². The van der Waals surface area contributed by atoms with Crippen molar-refractivity contribution in [3.8, 4) is 0 Å². The Morgan fingerprint density at radius 1 is 1.05 bits per heavy atom. The third-order valence-corrected chi connectivity index (χ3v) is 4.20. The van der Waals surface area contributed by atoms with Gasteiger partial charge in [0.2, 0.25) is 0 Å². The molecule has 19 heavy (non-hydrogen) atoms. The van der Waals surface area contributed by atoms with Crippen LogP contribution in [0.25, 0.3) is 0 Å². The number of carbonyl (C=O) groups is 1. The molecule has 1 aliphatic carbocycles. The monoisotopic (exact) mass is 283 g/mol. The van der Waals surface area contributed by atoms with Gasteiger partial charge in [0.25, 0.3) is 10.0 Å². The van der Waals surface area contributed by atoms with E-state index in [1.165, 1.54) is 0 Å². The number of carbonyl (C=O) groups excluding carboxylic acids is 1. The molecule has 0 amide bonds. The van der Waals surface area contributed by atoms with Gasteiger partial charge < -0.3 is 0 Å². The molecule has 0 aromatic carbocycles. The van der Waals surface area contributed by atoms with E-state index in [-0.39, 0.29) is 23.4 Å². The molecule has 0 atom stereocenters. The van der Waals surface area contributed by atoms with E-state index in [0.717, 1.165) is 0 Å². The van der Waals surface area contributed by atoms with Crippen LogP contribution in [-0.4, -0.2) is 25.7 Å². The minimum atomic E-state index is -3.45. The van der Waals surface area contributed by atoms with Gasteiger partial charge in [0.15, 0.2) is 5.78 Å². The Bertz CT molecular complexity index is 533. The molecule has 0 saturated heterocycles. The van der Waals surface area contributed by atoms with E-state index in [9.17, 15) is 13.2 Å². The van der Waals surface area contributed by atoms with Crippen LogP contribution in [0.4, 0.5) is 0 Å². The Morgan fingerprint density at radius 2 is 1.47 bits per heavy atom. The van der Waals surface area contributed by atoms with Crippen LogP contribution in [0.2, 0.25) is 0 Å². The molecule has 5 heteroatoms. The van der Waals surface area contributed by atoms with Gasteiger partial charge >= 0.3 is 0 Å². The van der Waals surface area contributed by atoms with Crippen molar-refractivity contribution in [3.05, 3.63) is 23.3 Å². The fraction of sp³-hybridized carbons (Fsp3) is 0.571. The topological polar surface area (TPSA) is 63.6 Å². The maximum Gasteiger partial charge on any atom is 0.253 e. The van der Waals surface area contributed by atoms with Crippen LogP contribution in [0.15, 0.2) is 27.7 Å². The summed E-state index contributed by atoms with van der Waals surface area (Å²) in [7, 11) is -3.45. The second kappa shape index (κ2) is 5.82. The molecule has 0 aromatic rings. The van der Waals surface area contributed by atoms with Crippen molar-refractivity contribution in [1.82, 2.24) is 0 Å². The van der Waals surface area contributed by atoms with Gasteiger partial charge in [0.05, 0.1) is 11.5 Å². The number of Topliss-reactive ketones (excluding diaryl/α,β-unsaturated/α-hetero) is 1. The van der Waals surface area contributed by atoms with Crippen molar-refractivity contribution in [3.63, 3.8) is 0 Å². The minimum Gasteiger partial charge on any atom is -0.289 e. The number of hydrogen-bond acceptors (Lipinski definition) is 3. The largest absolute Gasteiger partial charge is 0.289 e. The molecule has 0 unspecified atom stereocenters. The van der Waals surface area contributed by atoms with Crippen LogP contribution in [0.1, 0.15) is 34.6 Å². The predicted molar refractivity (Wildman–Crippen MR) is 77.7 cm³/mol. The summed E-state index contributed by atoms with van der Waals surface area (Å²) in [6, 6.07) is 0. The predicted octanol–water partition coefficient (Wildman–Crippen LogP) is 2.52. The molecule has 0 N–H and O–H groups in total. The summed E-state index contributed by atoms with van der Waals surface area (Å²) in [6.07, 6.45) is 3.18. The lowest BCUT2D eigenvalue weighted by atomic mass is 9.84. The van der Waals surface area contributed by atoms with Gasteiger partial charge in [0.1, 0.15) is 0 Å². The van der Waals surface area contributed by atoms with E-state index < -0.39 is 10.0 Å². The van der Waals surface area contributed by atoms with Crippen LogP contribution in [0.3, 0.4) is 0 Å². The average Bonchev–Trinajstić information content (AvgIpc) is 2.30. The van der Waals surface area contributed by atoms with E-state index in [4.69, 9.17) is 0 Å². The number of allylic oxidation sites excluding steroid dienone is 4. The van der Waals surface area contributed by atoms with Crippen LogP contribution < -0.4 is 0 Å². The van der Waals surface area contributed by atoms with Gasteiger partial charge in [-0.25, -0.2) is 8.42 Å². The van der Waals surface area contributed by atoms with E-state index in [1.54, 1.807) is 19.1 Å². The zero-order chi connectivity index (χ0) is 14.8. The molecule has 4 nitrogen and oxygen atoms in total. The lowest BCUT2D eigenvalue weighted by Gasteiger charge is -2.19. The van der Waals surface area contributed by atoms with Gasteiger partial charge in [-0.3, -0.25) is 4.79 Å². The third kappa shape index (κ3) is 3.86. The Morgan fingerprint density at radius 3 is 1.79 bits per heavy atom. The molecule has 0 bridgehead atoms. The maximum absolute atomic E-state index is 12.2. The van der Waals surface area contributed by atoms with E-state index in [0.29, 0.717) is 16.9 Å². The highest BCUT2D eigenvalue weighted by Gasteiger charge is 2.25. The molecule has 106 valence electrons. The summed E-state index contributed by atoms with van der Waals surface area (Å²) in [4.78, 5) is 12.2. The quantitative estimate of drug-likeness (QED) is 0.745. The fourth-order valence-corrected chi connectivity index (χ4v) is 2.35. The second-order valence-electron chi connectivity index (χ2n) is 5.22. The minimum absolute atomic E-state index is 0.00199. The molecule has 0 fully saturated rings. The summed E-state index contributed by atoms with van der Waals surface area (Å²) in [5, 5.41) is 0. The van der Waals surface area contributed by atoms with Gasteiger partial charge in [-0.1, -0.05) is 27.7 Å². The van der Waals surface area contributed by atoms with Crippen molar-refractivity contribution >= 4 is 21.5 Å². The van der Waals surface area contributed by atoms with E-state index in [2.05, 4.69) is 4.40 Å². The Hall–Kier alpha value is -1.23. The summed E-state index contributed by atoms with van der Waals surface area (Å²) in [6.45, 7) is 9.21. The molecular formula is C14H21NO3S. The molecule has 0 spiro atoms. The SMILES string of the molecule is CCS(=O)(=O)N=C1C=C(C(C)C)C(=O)C(C(C)C)=C1. The van der Waals surface area contributed by atoms with Crippen molar-refractivity contribution in [2.24, 2.45) is 16.2 Å². The first-order valence-electron chi connectivity index (χ1n) is 6.48. The lowest BCUT2D eigenvalue weighted by molar-refractivity contribution is -0.113. The van der Waals surface area contributed by atoms with Gasteiger partial charge in [-0.2, -0.15) is 4.40 Å². The molecule has 0 heterocycles. The number of ketones is 1. The van der Waals surface area contributed by atoms with Gasteiger partial charge in [0, 0.05) is 11.1 Å². The van der Waals surface area contributed by atoms with E-state index in [1.807, 2.05) is 27.7 Å². The summed E-state index contributed by atoms with van der Waals surface area (Å²) >= 11 is 0. The Balaban J connectivity index is 3.36. The van der Waals surface area contributed by atoms with Crippen molar-refractivity contribution in [2.75, 3.05) is 5.75 Å². The van der Waals surface area contributed by atoms with Crippen molar-refractivity contribution in [1.29, 1.82) is 0 Å². The summed E-state index contributed by atoms with van der Waals surface area (Å²) in [5.74, 6) is 0.0481. The Kier molecular flexibility index (Phi) is 4.85. The van der Waals surface area contributed by atoms with Crippen LogP contribution in [-0.2, 0) is 14.8 Å². The standard InChI is InChI=1S/C14H21NO3S/c1-6-19(17,18)15-11-7-12(9(2)3)14(16)13(8-11)10(4)5/h7-10H,6H2,1-5H3. The molecule has 0 radical (unpaired) electrons.